The highest BCUT2D eigenvalue weighted by Crippen LogP contribution is 2.35. The van der Waals surface area contributed by atoms with Crippen LogP contribution in [0, 0.1) is 0 Å². The molecule has 2 amide bonds. The number of fused-ring (bicyclic) bond motifs is 1. The molecule has 0 spiro atoms. The van der Waals surface area contributed by atoms with Gasteiger partial charge in [0.25, 0.3) is 5.91 Å². The first kappa shape index (κ1) is 27.6. The summed E-state index contributed by atoms with van der Waals surface area (Å²) in [7, 11) is 0. The van der Waals surface area contributed by atoms with Crippen molar-refractivity contribution in [3.8, 4) is 0 Å². The van der Waals surface area contributed by atoms with E-state index in [-0.39, 0.29) is 17.9 Å². The fourth-order valence-electron chi connectivity index (χ4n) is 5.57. The molecule has 0 radical (unpaired) electrons. The van der Waals surface area contributed by atoms with Crippen molar-refractivity contribution < 1.29 is 22.8 Å². The molecule has 208 valence electrons. The van der Waals surface area contributed by atoms with E-state index in [1.54, 1.807) is 22.8 Å². The standard InChI is InChI=1S/C32H32F3N3O2/c1-23(39)37-20-15-26-10-13-29(21-30(26)37)38(28-16-18-36(19-17-28)22-25-5-3-2-4-6-25)31(40)14-9-24-7-11-27(12-8-24)32(33,34)35/h2-14,21,28H,15-20,22H2,1H3/b14-9+. The molecule has 1 saturated heterocycles. The lowest BCUT2D eigenvalue weighted by Gasteiger charge is -2.38. The average molecular weight is 548 g/mol. The number of hydrogen-bond acceptors (Lipinski definition) is 3. The third-order valence-electron chi connectivity index (χ3n) is 7.69. The normalized spacial score (nSPS) is 16.4. The highest BCUT2D eigenvalue weighted by Gasteiger charge is 2.31. The van der Waals surface area contributed by atoms with Gasteiger partial charge in [0.15, 0.2) is 0 Å². The van der Waals surface area contributed by atoms with Gasteiger partial charge in [-0.25, -0.2) is 0 Å². The molecule has 0 atom stereocenters. The SMILES string of the molecule is CC(=O)N1CCc2ccc(N(C(=O)/C=C/c3ccc(C(F)(F)F)cc3)C3CCN(Cc4ccccc4)CC3)cc21. The third kappa shape index (κ3) is 6.28. The zero-order valence-corrected chi connectivity index (χ0v) is 22.4. The van der Waals surface area contributed by atoms with E-state index in [0.717, 1.165) is 68.0 Å². The van der Waals surface area contributed by atoms with Gasteiger partial charge in [0.05, 0.1) is 5.56 Å². The van der Waals surface area contributed by atoms with E-state index in [4.69, 9.17) is 0 Å². The van der Waals surface area contributed by atoms with Crippen molar-refractivity contribution in [2.45, 2.75) is 44.9 Å². The van der Waals surface area contributed by atoms with Crippen LogP contribution in [0.5, 0.6) is 0 Å². The van der Waals surface area contributed by atoms with Crippen molar-refractivity contribution in [3.63, 3.8) is 0 Å². The van der Waals surface area contributed by atoms with E-state index in [1.807, 2.05) is 36.4 Å². The Morgan fingerprint density at radius 2 is 1.65 bits per heavy atom. The minimum atomic E-state index is -4.41. The van der Waals surface area contributed by atoms with Gasteiger partial charge < -0.3 is 9.80 Å². The third-order valence-corrected chi connectivity index (χ3v) is 7.69. The lowest BCUT2D eigenvalue weighted by atomic mass is 10.0. The second-order valence-corrected chi connectivity index (χ2v) is 10.4. The van der Waals surface area contributed by atoms with E-state index in [9.17, 15) is 22.8 Å². The molecule has 40 heavy (non-hydrogen) atoms. The van der Waals surface area contributed by atoms with Crippen molar-refractivity contribution in [3.05, 3.63) is 101 Å². The summed E-state index contributed by atoms with van der Waals surface area (Å²) in [6.07, 6.45) is 0.894. The van der Waals surface area contributed by atoms with Gasteiger partial charge in [0.1, 0.15) is 0 Å². The number of piperidine rings is 1. The number of hydrogen-bond donors (Lipinski definition) is 0. The predicted molar refractivity (Wildman–Crippen MR) is 151 cm³/mol. The van der Waals surface area contributed by atoms with Gasteiger partial charge in [-0.15, -0.1) is 0 Å². The molecule has 8 heteroatoms. The van der Waals surface area contributed by atoms with Crippen LogP contribution >= 0.6 is 0 Å². The summed E-state index contributed by atoms with van der Waals surface area (Å²) in [6.45, 7) is 4.67. The molecule has 1 fully saturated rings. The summed E-state index contributed by atoms with van der Waals surface area (Å²) in [5.74, 6) is -0.279. The number of carbonyl (C=O) groups is 2. The molecule has 0 unspecified atom stereocenters. The van der Waals surface area contributed by atoms with Gasteiger partial charge in [-0.2, -0.15) is 13.2 Å². The summed E-state index contributed by atoms with van der Waals surface area (Å²) < 4.78 is 38.8. The predicted octanol–water partition coefficient (Wildman–Crippen LogP) is 6.33. The highest BCUT2D eigenvalue weighted by molar-refractivity contribution is 6.05. The molecule has 0 aromatic heterocycles. The molecular weight excluding hydrogens is 515 g/mol. The molecule has 2 aliphatic heterocycles. The number of carbonyl (C=O) groups excluding carboxylic acids is 2. The molecule has 5 nitrogen and oxygen atoms in total. The largest absolute Gasteiger partial charge is 0.416 e. The Labute approximate surface area is 232 Å². The molecule has 0 saturated carbocycles. The molecule has 2 aliphatic rings. The van der Waals surface area contributed by atoms with Gasteiger partial charge in [0.2, 0.25) is 5.91 Å². The van der Waals surface area contributed by atoms with Gasteiger partial charge >= 0.3 is 6.18 Å². The number of alkyl halides is 3. The maximum Gasteiger partial charge on any atom is 0.416 e. The summed E-state index contributed by atoms with van der Waals surface area (Å²) in [5.41, 5.74) is 3.65. The Morgan fingerprint density at radius 3 is 2.30 bits per heavy atom. The summed E-state index contributed by atoms with van der Waals surface area (Å²) in [6, 6.07) is 20.8. The summed E-state index contributed by atoms with van der Waals surface area (Å²) >= 11 is 0. The van der Waals surface area contributed by atoms with Crippen molar-refractivity contribution >= 4 is 29.3 Å². The number of halogens is 3. The van der Waals surface area contributed by atoms with E-state index < -0.39 is 11.7 Å². The molecule has 3 aromatic rings. The number of likely N-dealkylation sites (tertiary alicyclic amines) is 1. The first-order valence-corrected chi connectivity index (χ1v) is 13.5. The molecule has 5 rings (SSSR count). The Kier molecular flexibility index (Phi) is 8.07. The van der Waals surface area contributed by atoms with Gasteiger partial charge in [-0.1, -0.05) is 48.5 Å². The van der Waals surface area contributed by atoms with Gasteiger partial charge in [-0.05, 0) is 66.3 Å². The fourth-order valence-corrected chi connectivity index (χ4v) is 5.57. The lowest BCUT2D eigenvalue weighted by Crippen LogP contribution is -2.47. The van der Waals surface area contributed by atoms with E-state index in [1.165, 1.54) is 23.8 Å². The van der Waals surface area contributed by atoms with Crippen LogP contribution in [0.2, 0.25) is 0 Å². The van der Waals surface area contributed by atoms with Crippen LogP contribution < -0.4 is 9.80 Å². The minimum absolute atomic E-state index is 0.0369. The van der Waals surface area contributed by atoms with Crippen molar-refractivity contribution in [2.24, 2.45) is 0 Å². The Bertz CT molecular complexity index is 1380. The van der Waals surface area contributed by atoms with Crippen molar-refractivity contribution in [2.75, 3.05) is 29.4 Å². The van der Waals surface area contributed by atoms with E-state index in [0.29, 0.717) is 12.1 Å². The maximum absolute atomic E-state index is 13.7. The zero-order chi connectivity index (χ0) is 28.3. The quantitative estimate of drug-likeness (QED) is 0.339. The Hall–Kier alpha value is -3.91. The van der Waals surface area contributed by atoms with Crippen LogP contribution in [0.25, 0.3) is 6.08 Å². The van der Waals surface area contributed by atoms with E-state index in [2.05, 4.69) is 17.0 Å². The first-order chi connectivity index (χ1) is 19.2. The summed E-state index contributed by atoms with van der Waals surface area (Å²) in [4.78, 5) is 31.8. The molecular formula is C32H32F3N3O2. The van der Waals surface area contributed by atoms with Crippen LogP contribution in [0.15, 0.2) is 78.9 Å². The topological polar surface area (TPSA) is 43.9 Å². The smallest absolute Gasteiger partial charge is 0.312 e. The van der Waals surface area contributed by atoms with Crippen LogP contribution in [0.4, 0.5) is 24.5 Å². The average Bonchev–Trinajstić information content (AvgIpc) is 3.37. The number of anilines is 2. The number of nitrogens with zero attached hydrogens (tertiary/aromatic N) is 3. The molecule has 0 N–H and O–H groups in total. The maximum atomic E-state index is 13.7. The molecule has 0 aliphatic carbocycles. The first-order valence-electron chi connectivity index (χ1n) is 13.5. The van der Waals surface area contributed by atoms with E-state index >= 15 is 0 Å². The van der Waals surface area contributed by atoms with Gasteiger partial charge in [0, 0.05) is 56.6 Å². The monoisotopic (exact) mass is 547 g/mol. The molecule has 2 heterocycles. The second-order valence-electron chi connectivity index (χ2n) is 10.4. The fraction of sp³-hybridized carbons (Fsp3) is 0.312. The lowest BCUT2D eigenvalue weighted by molar-refractivity contribution is -0.137. The Balaban J connectivity index is 1.38. The van der Waals surface area contributed by atoms with Crippen LogP contribution in [0.3, 0.4) is 0 Å². The van der Waals surface area contributed by atoms with Crippen LogP contribution in [0.1, 0.15) is 42.0 Å². The molecule has 0 bridgehead atoms. The number of rotatable bonds is 6. The van der Waals surface area contributed by atoms with Crippen molar-refractivity contribution in [1.29, 1.82) is 0 Å². The summed E-state index contributed by atoms with van der Waals surface area (Å²) in [5, 5.41) is 0. The highest BCUT2D eigenvalue weighted by atomic mass is 19.4. The zero-order valence-electron chi connectivity index (χ0n) is 22.4. The minimum Gasteiger partial charge on any atom is -0.312 e. The second kappa shape index (κ2) is 11.7. The Morgan fingerprint density at radius 1 is 0.950 bits per heavy atom. The number of benzene rings is 3. The van der Waals surface area contributed by atoms with Crippen molar-refractivity contribution in [1.82, 2.24) is 4.90 Å². The number of amides is 2. The van der Waals surface area contributed by atoms with Gasteiger partial charge in [-0.3, -0.25) is 14.5 Å². The van der Waals surface area contributed by atoms with Crippen LogP contribution in [-0.2, 0) is 28.7 Å². The molecule has 3 aromatic carbocycles. The van der Waals surface area contributed by atoms with Crippen LogP contribution in [-0.4, -0.2) is 42.4 Å².